The average molecular weight is 369 g/mol. The highest BCUT2D eigenvalue weighted by molar-refractivity contribution is 9.10. The summed E-state index contributed by atoms with van der Waals surface area (Å²) in [6, 6.07) is 2.13. The largest absolute Gasteiger partial charge is 0.398 e. The van der Waals surface area contributed by atoms with Crippen molar-refractivity contribution < 1.29 is 12.8 Å². The van der Waals surface area contributed by atoms with Gasteiger partial charge in [-0.05, 0) is 28.1 Å². The Morgan fingerprint density at radius 2 is 2.21 bits per heavy atom. The molecule has 0 spiro atoms. The Hall–Kier alpha value is -0.570. The molecule has 19 heavy (non-hydrogen) atoms. The second-order valence-electron chi connectivity index (χ2n) is 3.57. The summed E-state index contributed by atoms with van der Waals surface area (Å²) in [5.41, 5.74) is 5.73. The number of nitrogens with one attached hydrogen (secondary N) is 1. The standard InChI is InChI=1S/C11H14BrFN2O2S2/c1-2-4-18-5-3-15-19(16,17)11-7-10(14)8(12)6-9(11)13/h2,6-7,15H,1,3-5,14H2. The van der Waals surface area contributed by atoms with E-state index in [-0.39, 0.29) is 12.2 Å². The van der Waals surface area contributed by atoms with Gasteiger partial charge in [0.05, 0.1) is 0 Å². The predicted octanol–water partition coefficient (Wildman–Crippen LogP) is 2.37. The number of hydrogen-bond acceptors (Lipinski definition) is 4. The Balaban J connectivity index is 2.77. The maximum absolute atomic E-state index is 13.6. The highest BCUT2D eigenvalue weighted by atomic mass is 79.9. The van der Waals surface area contributed by atoms with Gasteiger partial charge in [-0.3, -0.25) is 0 Å². The summed E-state index contributed by atoms with van der Waals surface area (Å²) in [7, 11) is -3.88. The van der Waals surface area contributed by atoms with Gasteiger partial charge in [-0.1, -0.05) is 6.08 Å². The summed E-state index contributed by atoms with van der Waals surface area (Å²) < 4.78 is 40.1. The minimum Gasteiger partial charge on any atom is -0.398 e. The van der Waals surface area contributed by atoms with Crippen LogP contribution in [0.15, 0.2) is 34.2 Å². The Bertz CT molecular complexity index is 564. The van der Waals surface area contributed by atoms with Crippen molar-refractivity contribution in [3.63, 3.8) is 0 Å². The number of nitrogen functional groups attached to an aromatic ring is 1. The third kappa shape index (κ3) is 4.79. The van der Waals surface area contributed by atoms with Gasteiger partial charge < -0.3 is 5.73 Å². The molecule has 0 bridgehead atoms. The van der Waals surface area contributed by atoms with Crippen molar-refractivity contribution in [3.8, 4) is 0 Å². The monoisotopic (exact) mass is 368 g/mol. The first-order valence-corrected chi connectivity index (χ1v) is 8.74. The number of hydrogen-bond donors (Lipinski definition) is 2. The SMILES string of the molecule is C=CCSCCNS(=O)(=O)c1cc(N)c(Br)cc1F. The first kappa shape index (κ1) is 16.5. The van der Waals surface area contributed by atoms with Gasteiger partial charge in [-0.15, -0.1) is 6.58 Å². The van der Waals surface area contributed by atoms with Crippen molar-refractivity contribution in [3.05, 3.63) is 35.1 Å². The van der Waals surface area contributed by atoms with Crippen LogP contribution < -0.4 is 10.5 Å². The molecule has 0 heterocycles. The van der Waals surface area contributed by atoms with Crippen LogP contribution in [-0.4, -0.2) is 26.5 Å². The molecule has 0 saturated carbocycles. The van der Waals surface area contributed by atoms with E-state index in [1.165, 1.54) is 11.8 Å². The minimum atomic E-state index is -3.88. The van der Waals surface area contributed by atoms with Gasteiger partial charge in [0.25, 0.3) is 0 Å². The topological polar surface area (TPSA) is 72.2 Å². The molecule has 0 aliphatic heterocycles. The Kier molecular flexibility index (Phi) is 6.31. The summed E-state index contributed by atoms with van der Waals surface area (Å²) in [4.78, 5) is -0.443. The fraction of sp³-hybridized carbons (Fsp3) is 0.273. The molecule has 0 saturated heterocycles. The molecule has 1 aromatic carbocycles. The minimum absolute atomic E-state index is 0.169. The van der Waals surface area contributed by atoms with E-state index in [0.717, 1.165) is 17.9 Å². The second-order valence-corrected chi connectivity index (χ2v) is 7.31. The molecule has 0 amide bonds. The molecule has 8 heteroatoms. The van der Waals surface area contributed by atoms with E-state index < -0.39 is 20.7 Å². The molecule has 1 rings (SSSR count). The zero-order valence-electron chi connectivity index (χ0n) is 10.0. The average Bonchev–Trinajstić information content (AvgIpc) is 2.33. The van der Waals surface area contributed by atoms with Crippen molar-refractivity contribution in [2.45, 2.75) is 4.90 Å². The van der Waals surface area contributed by atoms with Gasteiger partial charge >= 0.3 is 0 Å². The normalized spacial score (nSPS) is 11.5. The molecule has 0 radical (unpaired) electrons. The Morgan fingerprint density at radius 1 is 1.53 bits per heavy atom. The summed E-state index contributed by atoms with van der Waals surface area (Å²) in [5, 5.41) is 0. The lowest BCUT2D eigenvalue weighted by molar-refractivity contribution is 0.558. The number of anilines is 1. The predicted molar refractivity (Wildman–Crippen MR) is 81.2 cm³/mol. The smallest absolute Gasteiger partial charge is 0.243 e. The molecule has 0 atom stereocenters. The first-order valence-electron chi connectivity index (χ1n) is 5.31. The zero-order chi connectivity index (χ0) is 14.5. The summed E-state index contributed by atoms with van der Waals surface area (Å²) in [5.74, 6) is 0.479. The number of sulfonamides is 1. The van der Waals surface area contributed by atoms with Gasteiger partial charge in [0.1, 0.15) is 10.7 Å². The van der Waals surface area contributed by atoms with Crippen molar-refractivity contribution in [2.75, 3.05) is 23.8 Å². The van der Waals surface area contributed by atoms with Crippen LogP contribution in [0.4, 0.5) is 10.1 Å². The van der Waals surface area contributed by atoms with Crippen LogP contribution in [-0.2, 0) is 10.0 Å². The van der Waals surface area contributed by atoms with Crippen LogP contribution in [0, 0.1) is 5.82 Å². The van der Waals surface area contributed by atoms with E-state index in [4.69, 9.17) is 5.73 Å². The number of rotatable bonds is 7. The molecule has 1 aromatic rings. The van der Waals surface area contributed by atoms with Crippen molar-refractivity contribution in [1.29, 1.82) is 0 Å². The lowest BCUT2D eigenvalue weighted by atomic mass is 10.3. The molecule has 4 nitrogen and oxygen atoms in total. The van der Waals surface area contributed by atoms with Crippen LogP contribution in [0.25, 0.3) is 0 Å². The van der Waals surface area contributed by atoms with E-state index in [1.807, 2.05) is 0 Å². The van der Waals surface area contributed by atoms with Crippen LogP contribution >= 0.6 is 27.7 Å². The zero-order valence-corrected chi connectivity index (χ0v) is 13.2. The molecule has 0 unspecified atom stereocenters. The van der Waals surface area contributed by atoms with Gasteiger partial charge in [0, 0.05) is 28.2 Å². The fourth-order valence-electron chi connectivity index (χ4n) is 1.24. The van der Waals surface area contributed by atoms with Crippen LogP contribution in [0.3, 0.4) is 0 Å². The van der Waals surface area contributed by atoms with E-state index in [2.05, 4.69) is 27.2 Å². The van der Waals surface area contributed by atoms with E-state index in [0.29, 0.717) is 10.2 Å². The van der Waals surface area contributed by atoms with E-state index in [9.17, 15) is 12.8 Å². The van der Waals surface area contributed by atoms with Gasteiger partial charge in [-0.2, -0.15) is 11.8 Å². The molecule has 0 aromatic heterocycles. The highest BCUT2D eigenvalue weighted by Gasteiger charge is 2.20. The quantitative estimate of drug-likeness (QED) is 0.440. The summed E-state index contributed by atoms with van der Waals surface area (Å²) in [6.45, 7) is 3.78. The van der Waals surface area contributed by atoms with Crippen molar-refractivity contribution in [2.24, 2.45) is 0 Å². The Morgan fingerprint density at radius 3 is 2.84 bits per heavy atom. The first-order chi connectivity index (χ1) is 8.88. The molecule has 0 aliphatic carbocycles. The van der Waals surface area contributed by atoms with Crippen molar-refractivity contribution >= 4 is 43.4 Å². The number of thioether (sulfide) groups is 1. The Labute approximate surface area is 124 Å². The third-order valence-corrected chi connectivity index (χ3v) is 5.24. The van der Waals surface area contributed by atoms with Crippen LogP contribution in [0.1, 0.15) is 0 Å². The third-order valence-electron chi connectivity index (χ3n) is 2.11. The maximum Gasteiger partial charge on any atom is 0.243 e. The van der Waals surface area contributed by atoms with E-state index in [1.54, 1.807) is 6.08 Å². The molecular weight excluding hydrogens is 355 g/mol. The maximum atomic E-state index is 13.6. The van der Waals surface area contributed by atoms with E-state index >= 15 is 0 Å². The molecule has 106 valence electrons. The molecular formula is C11H14BrFN2O2S2. The summed E-state index contributed by atoms with van der Waals surface area (Å²) >= 11 is 4.56. The van der Waals surface area contributed by atoms with Gasteiger partial charge in [-0.25, -0.2) is 17.5 Å². The van der Waals surface area contributed by atoms with Crippen LogP contribution in [0.2, 0.25) is 0 Å². The fourth-order valence-corrected chi connectivity index (χ4v) is 3.39. The highest BCUT2D eigenvalue weighted by Crippen LogP contribution is 2.25. The van der Waals surface area contributed by atoms with Gasteiger partial charge in [0.2, 0.25) is 10.0 Å². The second kappa shape index (κ2) is 7.28. The van der Waals surface area contributed by atoms with Gasteiger partial charge in [0.15, 0.2) is 0 Å². The van der Waals surface area contributed by atoms with Crippen LogP contribution in [0.5, 0.6) is 0 Å². The number of benzene rings is 1. The number of halogens is 2. The molecule has 3 N–H and O–H groups in total. The van der Waals surface area contributed by atoms with Crippen molar-refractivity contribution in [1.82, 2.24) is 4.72 Å². The molecule has 0 aliphatic rings. The number of nitrogens with two attached hydrogens (primary N) is 1. The lowest BCUT2D eigenvalue weighted by Crippen LogP contribution is -2.27. The molecule has 0 fully saturated rings. The lowest BCUT2D eigenvalue weighted by Gasteiger charge is -2.09. The summed E-state index contributed by atoms with van der Waals surface area (Å²) in [6.07, 6.45) is 1.73.